The van der Waals surface area contributed by atoms with Gasteiger partial charge in [-0.2, -0.15) is 0 Å². The molecule has 4 nitrogen and oxygen atoms in total. The number of aliphatic hydroxyl groups is 2. The van der Waals surface area contributed by atoms with Gasteiger partial charge in [-0.25, -0.2) is 0 Å². The van der Waals surface area contributed by atoms with Gasteiger partial charge in [0.15, 0.2) is 5.76 Å². The van der Waals surface area contributed by atoms with Gasteiger partial charge in [0.05, 0.1) is 6.21 Å². The number of aliphatic hydroxyl groups excluding tert-OH is 2. The summed E-state index contributed by atoms with van der Waals surface area (Å²) >= 11 is 0. The van der Waals surface area contributed by atoms with E-state index in [1.807, 2.05) is 30.3 Å². The zero-order valence-corrected chi connectivity index (χ0v) is 10.0. The molecule has 0 amide bonds. The van der Waals surface area contributed by atoms with Crippen LogP contribution in [0.2, 0.25) is 0 Å². The van der Waals surface area contributed by atoms with Crippen LogP contribution in [0.1, 0.15) is 24.6 Å². The SMILES string of the molecule is OC1=C(O)N(CC2CC2)C(c2ccccc2)N=C1. The third-order valence-corrected chi connectivity index (χ3v) is 3.38. The standard InChI is InChI=1S/C14H16N2O2/c17-12-8-15-13(11-4-2-1-3-5-11)16(14(12)18)9-10-6-7-10/h1-5,8,10,13,17-18H,6-7,9H2. The van der Waals surface area contributed by atoms with Crippen LogP contribution in [0.5, 0.6) is 0 Å². The largest absolute Gasteiger partial charge is 0.502 e. The summed E-state index contributed by atoms with van der Waals surface area (Å²) in [6, 6.07) is 9.83. The molecule has 1 fully saturated rings. The Morgan fingerprint density at radius 1 is 1.17 bits per heavy atom. The zero-order valence-electron chi connectivity index (χ0n) is 10.0. The van der Waals surface area contributed by atoms with Gasteiger partial charge >= 0.3 is 0 Å². The fourth-order valence-corrected chi connectivity index (χ4v) is 2.20. The van der Waals surface area contributed by atoms with Crippen LogP contribution in [-0.4, -0.2) is 27.9 Å². The molecule has 1 aliphatic carbocycles. The second-order valence-corrected chi connectivity index (χ2v) is 4.87. The molecule has 1 aliphatic heterocycles. The first kappa shape index (κ1) is 11.1. The molecule has 3 rings (SSSR count). The van der Waals surface area contributed by atoms with Gasteiger partial charge in [-0.3, -0.25) is 4.99 Å². The van der Waals surface area contributed by atoms with Crippen molar-refractivity contribution in [1.29, 1.82) is 0 Å². The van der Waals surface area contributed by atoms with Crippen molar-refractivity contribution in [2.75, 3.05) is 6.54 Å². The van der Waals surface area contributed by atoms with Crippen molar-refractivity contribution in [3.05, 3.63) is 47.5 Å². The van der Waals surface area contributed by atoms with E-state index in [9.17, 15) is 10.2 Å². The molecule has 1 atom stereocenters. The van der Waals surface area contributed by atoms with Gasteiger partial charge in [0.1, 0.15) is 6.17 Å². The Balaban J connectivity index is 1.90. The summed E-state index contributed by atoms with van der Waals surface area (Å²) in [6.07, 6.45) is 3.48. The minimum atomic E-state index is -0.234. The molecule has 1 heterocycles. The first-order valence-corrected chi connectivity index (χ1v) is 6.22. The van der Waals surface area contributed by atoms with Crippen molar-refractivity contribution in [2.24, 2.45) is 10.9 Å². The maximum atomic E-state index is 10.0. The molecule has 0 bridgehead atoms. The first-order chi connectivity index (χ1) is 8.75. The fourth-order valence-electron chi connectivity index (χ4n) is 2.20. The lowest BCUT2D eigenvalue weighted by Crippen LogP contribution is -2.33. The molecule has 0 radical (unpaired) electrons. The normalized spacial score (nSPS) is 23.6. The number of aliphatic imine (C=N–C) groups is 1. The number of rotatable bonds is 3. The second-order valence-electron chi connectivity index (χ2n) is 4.87. The van der Waals surface area contributed by atoms with Crippen LogP contribution in [0, 0.1) is 5.92 Å². The Morgan fingerprint density at radius 3 is 2.56 bits per heavy atom. The van der Waals surface area contributed by atoms with E-state index in [2.05, 4.69) is 4.99 Å². The summed E-state index contributed by atoms with van der Waals surface area (Å²) in [5.74, 6) is 0.396. The Hall–Kier alpha value is -1.97. The van der Waals surface area contributed by atoms with Gasteiger partial charge in [0.25, 0.3) is 0 Å². The van der Waals surface area contributed by atoms with E-state index >= 15 is 0 Å². The highest BCUT2D eigenvalue weighted by atomic mass is 16.3. The number of allylic oxidation sites excluding steroid dienone is 1. The fraction of sp³-hybridized carbons (Fsp3) is 0.357. The smallest absolute Gasteiger partial charge is 0.234 e. The maximum Gasteiger partial charge on any atom is 0.234 e. The van der Waals surface area contributed by atoms with Crippen molar-refractivity contribution < 1.29 is 10.2 Å². The van der Waals surface area contributed by atoms with Gasteiger partial charge in [-0.05, 0) is 24.3 Å². The van der Waals surface area contributed by atoms with Gasteiger partial charge in [0.2, 0.25) is 5.88 Å². The van der Waals surface area contributed by atoms with E-state index in [-0.39, 0.29) is 17.8 Å². The lowest BCUT2D eigenvalue weighted by Gasteiger charge is -2.32. The quantitative estimate of drug-likeness (QED) is 0.859. The molecule has 1 unspecified atom stereocenters. The number of benzene rings is 1. The van der Waals surface area contributed by atoms with Crippen LogP contribution in [0.25, 0.3) is 0 Å². The Morgan fingerprint density at radius 2 is 1.89 bits per heavy atom. The molecule has 2 N–H and O–H groups in total. The molecule has 4 heteroatoms. The zero-order chi connectivity index (χ0) is 12.5. The van der Waals surface area contributed by atoms with Crippen molar-refractivity contribution in [1.82, 2.24) is 4.90 Å². The summed E-state index contributed by atoms with van der Waals surface area (Å²) in [5.41, 5.74) is 1.02. The lowest BCUT2D eigenvalue weighted by molar-refractivity contribution is 0.127. The minimum Gasteiger partial charge on any atom is -0.502 e. The van der Waals surface area contributed by atoms with Crippen molar-refractivity contribution in [3.63, 3.8) is 0 Å². The van der Waals surface area contributed by atoms with E-state index in [0.717, 1.165) is 12.1 Å². The summed E-state index contributed by atoms with van der Waals surface area (Å²) < 4.78 is 0. The van der Waals surface area contributed by atoms with Crippen LogP contribution in [-0.2, 0) is 0 Å². The third kappa shape index (κ3) is 2.06. The average molecular weight is 244 g/mol. The molecule has 94 valence electrons. The van der Waals surface area contributed by atoms with E-state index < -0.39 is 0 Å². The minimum absolute atomic E-state index is 0.0641. The molecular weight excluding hydrogens is 228 g/mol. The van der Waals surface area contributed by atoms with Gasteiger partial charge in [-0.15, -0.1) is 0 Å². The first-order valence-electron chi connectivity index (χ1n) is 6.22. The predicted molar refractivity (Wildman–Crippen MR) is 69.4 cm³/mol. The summed E-state index contributed by atoms with van der Waals surface area (Å²) in [4.78, 5) is 6.11. The number of hydrogen-bond donors (Lipinski definition) is 2. The van der Waals surface area contributed by atoms with Crippen molar-refractivity contribution >= 4 is 6.21 Å². The van der Waals surface area contributed by atoms with E-state index in [1.165, 1.54) is 19.1 Å². The summed E-state index contributed by atoms with van der Waals surface area (Å²) in [5, 5.41) is 19.6. The Labute approximate surface area is 106 Å². The molecule has 1 aromatic rings. The summed E-state index contributed by atoms with van der Waals surface area (Å²) in [7, 11) is 0. The topological polar surface area (TPSA) is 56.1 Å². The van der Waals surface area contributed by atoms with Crippen LogP contribution in [0.15, 0.2) is 47.0 Å². The highest BCUT2D eigenvalue weighted by Gasteiger charge is 2.32. The van der Waals surface area contributed by atoms with E-state index in [0.29, 0.717) is 5.92 Å². The molecule has 1 aromatic carbocycles. The second kappa shape index (κ2) is 4.37. The number of nitrogens with zero attached hydrogens (tertiary/aromatic N) is 2. The van der Waals surface area contributed by atoms with Crippen LogP contribution in [0.3, 0.4) is 0 Å². The Bertz CT molecular complexity index is 492. The monoisotopic (exact) mass is 244 g/mol. The molecule has 1 saturated carbocycles. The molecule has 0 saturated heterocycles. The van der Waals surface area contributed by atoms with Crippen LogP contribution >= 0.6 is 0 Å². The van der Waals surface area contributed by atoms with Gasteiger partial charge in [0, 0.05) is 6.54 Å². The highest BCUT2D eigenvalue weighted by Crippen LogP contribution is 2.36. The lowest BCUT2D eigenvalue weighted by atomic mass is 10.1. The van der Waals surface area contributed by atoms with Crippen LogP contribution in [0.4, 0.5) is 0 Å². The third-order valence-electron chi connectivity index (χ3n) is 3.38. The molecule has 0 spiro atoms. The van der Waals surface area contributed by atoms with E-state index in [4.69, 9.17) is 0 Å². The molecule has 18 heavy (non-hydrogen) atoms. The van der Waals surface area contributed by atoms with Gasteiger partial charge in [-0.1, -0.05) is 30.3 Å². The maximum absolute atomic E-state index is 10.0. The average Bonchev–Trinajstić information content (AvgIpc) is 3.20. The van der Waals surface area contributed by atoms with Crippen molar-refractivity contribution in [2.45, 2.75) is 19.0 Å². The molecular formula is C14H16N2O2. The highest BCUT2D eigenvalue weighted by molar-refractivity contribution is 5.77. The Kier molecular flexibility index (Phi) is 2.70. The predicted octanol–water partition coefficient (Wildman–Crippen LogP) is 2.77. The van der Waals surface area contributed by atoms with Crippen molar-refractivity contribution in [3.8, 4) is 0 Å². The molecule has 0 aromatic heterocycles. The van der Waals surface area contributed by atoms with Crippen LogP contribution < -0.4 is 0 Å². The number of hydrogen-bond acceptors (Lipinski definition) is 4. The summed E-state index contributed by atoms with van der Waals surface area (Å²) in [6.45, 7) is 0.743. The van der Waals surface area contributed by atoms with E-state index in [1.54, 1.807) is 4.90 Å². The van der Waals surface area contributed by atoms with Gasteiger partial charge < -0.3 is 15.1 Å². The molecule has 2 aliphatic rings.